The number of nitrogens with zero attached hydrogens (tertiary/aromatic N) is 1. The first-order valence-electron chi connectivity index (χ1n) is 6.72. The van der Waals surface area contributed by atoms with Crippen LogP contribution in [0.15, 0.2) is 12.7 Å². The van der Waals surface area contributed by atoms with Crippen molar-refractivity contribution >= 4 is 0 Å². The molecule has 0 aliphatic carbocycles. The standard InChI is InChI=1S/C13H15F6NO/c1-2-3-20-6-8-4-10(12(14,15)16)5-9(7-20)11(8,21-10)13(17,18)19/h2,8-9H,1,3-7H2. The van der Waals surface area contributed by atoms with Gasteiger partial charge in [0.25, 0.3) is 0 Å². The quantitative estimate of drug-likeness (QED) is 0.573. The van der Waals surface area contributed by atoms with Crippen molar-refractivity contribution in [1.29, 1.82) is 0 Å². The molecular weight excluding hydrogens is 300 g/mol. The summed E-state index contributed by atoms with van der Waals surface area (Å²) in [4.78, 5) is 1.72. The zero-order valence-electron chi connectivity index (χ0n) is 11.1. The van der Waals surface area contributed by atoms with Crippen LogP contribution in [0.2, 0.25) is 0 Å². The summed E-state index contributed by atoms with van der Waals surface area (Å²) >= 11 is 0. The van der Waals surface area contributed by atoms with Crippen molar-refractivity contribution in [2.45, 2.75) is 36.4 Å². The van der Waals surface area contributed by atoms with Gasteiger partial charge < -0.3 is 4.74 Å². The lowest BCUT2D eigenvalue weighted by Gasteiger charge is -2.48. The lowest BCUT2D eigenvalue weighted by atomic mass is 9.64. The average molecular weight is 315 g/mol. The van der Waals surface area contributed by atoms with Crippen LogP contribution in [0.4, 0.5) is 26.3 Å². The number of piperidine rings is 1. The van der Waals surface area contributed by atoms with Crippen LogP contribution in [0.5, 0.6) is 0 Å². The van der Waals surface area contributed by atoms with Gasteiger partial charge in [-0.25, -0.2) is 0 Å². The first kappa shape index (κ1) is 15.1. The van der Waals surface area contributed by atoms with Gasteiger partial charge in [0.2, 0.25) is 0 Å². The summed E-state index contributed by atoms with van der Waals surface area (Å²) in [6.45, 7) is 3.81. The molecule has 2 nitrogen and oxygen atoms in total. The van der Waals surface area contributed by atoms with Crippen LogP contribution in [0.25, 0.3) is 0 Å². The van der Waals surface area contributed by atoms with E-state index in [1.807, 2.05) is 0 Å². The van der Waals surface area contributed by atoms with Crippen LogP contribution in [-0.4, -0.2) is 48.1 Å². The van der Waals surface area contributed by atoms with E-state index in [-0.39, 0.29) is 13.1 Å². The van der Waals surface area contributed by atoms with Gasteiger partial charge in [-0.15, -0.1) is 6.58 Å². The molecule has 8 heteroatoms. The lowest BCUT2D eigenvalue weighted by Crippen LogP contribution is -2.63. The summed E-state index contributed by atoms with van der Waals surface area (Å²) in [5.41, 5.74) is -5.27. The molecule has 3 aliphatic heterocycles. The SMILES string of the molecule is C=CCN1CC2CC3(C(F)(F)F)CC(C1)C2(C(F)(F)F)O3. The van der Waals surface area contributed by atoms with Crippen molar-refractivity contribution in [2.24, 2.45) is 11.8 Å². The first-order chi connectivity index (χ1) is 9.56. The van der Waals surface area contributed by atoms with Gasteiger partial charge >= 0.3 is 12.4 Å². The normalized spacial score (nSPS) is 43.3. The number of likely N-dealkylation sites (tertiary alicyclic amines) is 1. The van der Waals surface area contributed by atoms with Gasteiger partial charge in [0.15, 0.2) is 11.2 Å². The van der Waals surface area contributed by atoms with Crippen molar-refractivity contribution in [3.63, 3.8) is 0 Å². The van der Waals surface area contributed by atoms with Gasteiger partial charge in [-0.3, -0.25) is 4.90 Å². The highest BCUT2D eigenvalue weighted by atomic mass is 19.4. The van der Waals surface area contributed by atoms with Crippen molar-refractivity contribution in [3.8, 4) is 0 Å². The second-order valence-corrected chi connectivity index (χ2v) is 6.19. The monoisotopic (exact) mass is 315 g/mol. The lowest BCUT2D eigenvalue weighted by molar-refractivity contribution is -0.322. The fourth-order valence-electron chi connectivity index (χ4n) is 4.33. The molecule has 0 aromatic rings. The van der Waals surface area contributed by atoms with Gasteiger partial charge in [0.1, 0.15) is 0 Å². The van der Waals surface area contributed by atoms with Gasteiger partial charge in [-0.1, -0.05) is 6.08 Å². The number of halogens is 6. The largest absolute Gasteiger partial charge is 0.418 e. The summed E-state index contributed by atoms with van der Waals surface area (Å²) in [7, 11) is 0. The number of hydrogen-bond acceptors (Lipinski definition) is 2. The number of fused-ring (bicyclic) bond motifs is 1. The van der Waals surface area contributed by atoms with E-state index < -0.39 is 48.2 Å². The molecule has 3 aliphatic rings. The number of ether oxygens (including phenoxy) is 1. The molecule has 0 radical (unpaired) electrons. The van der Waals surface area contributed by atoms with E-state index in [4.69, 9.17) is 4.74 Å². The number of hydrogen-bond donors (Lipinski definition) is 0. The molecular formula is C13H15F6NO. The zero-order valence-corrected chi connectivity index (χ0v) is 11.1. The fourth-order valence-corrected chi connectivity index (χ4v) is 4.33. The molecule has 21 heavy (non-hydrogen) atoms. The Bertz CT molecular complexity index is 441. The van der Waals surface area contributed by atoms with Crippen LogP contribution in [0.1, 0.15) is 12.8 Å². The summed E-state index contributed by atoms with van der Waals surface area (Å²) in [6, 6.07) is 0. The molecule has 0 amide bonds. The van der Waals surface area contributed by atoms with Crippen LogP contribution in [-0.2, 0) is 4.74 Å². The molecule has 3 heterocycles. The minimum Gasteiger partial charge on any atom is -0.349 e. The molecule has 3 fully saturated rings. The molecule has 120 valence electrons. The Morgan fingerprint density at radius 2 is 1.57 bits per heavy atom. The van der Waals surface area contributed by atoms with E-state index in [9.17, 15) is 26.3 Å². The number of alkyl halides is 6. The maximum Gasteiger partial charge on any atom is 0.418 e. The smallest absolute Gasteiger partial charge is 0.349 e. The molecule has 3 rings (SSSR count). The Morgan fingerprint density at radius 1 is 1.05 bits per heavy atom. The highest BCUT2D eigenvalue weighted by molar-refractivity contribution is 5.21. The molecule has 0 N–H and O–H groups in total. The van der Waals surface area contributed by atoms with E-state index in [0.29, 0.717) is 6.54 Å². The van der Waals surface area contributed by atoms with Crippen LogP contribution < -0.4 is 0 Å². The Kier molecular flexibility index (Phi) is 3.00. The molecule has 0 aromatic carbocycles. The van der Waals surface area contributed by atoms with Gasteiger partial charge in [0, 0.05) is 31.5 Å². The Labute approximate surface area is 117 Å². The summed E-state index contributed by atoms with van der Waals surface area (Å²) < 4.78 is 85.0. The Morgan fingerprint density at radius 3 is 1.95 bits per heavy atom. The Balaban J connectivity index is 2.00. The second kappa shape index (κ2) is 4.16. The first-order valence-corrected chi connectivity index (χ1v) is 6.72. The highest BCUT2D eigenvalue weighted by Crippen LogP contribution is 2.68. The van der Waals surface area contributed by atoms with Crippen molar-refractivity contribution in [2.75, 3.05) is 19.6 Å². The molecule has 2 bridgehead atoms. The molecule has 2 atom stereocenters. The zero-order chi connectivity index (χ0) is 15.7. The van der Waals surface area contributed by atoms with Crippen molar-refractivity contribution in [1.82, 2.24) is 4.90 Å². The minimum atomic E-state index is -4.79. The van der Waals surface area contributed by atoms with Gasteiger partial charge in [-0.05, 0) is 12.8 Å². The maximum absolute atomic E-state index is 13.5. The van der Waals surface area contributed by atoms with Gasteiger partial charge in [0.05, 0.1) is 0 Å². The van der Waals surface area contributed by atoms with Crippen molar-refractivity contribution < 1.29 is 31.1 Å². The third kappa shape index (κ3) is 1.81. The maximum atomic E-state index is 13.5. The van der Waals surface area contributed by atoms with E-state index >= 15 is 0 Å². The Hall–Kier alpha value is -0.760. The number of rotatable bonds is 2. The third-order valence-corrected chi connectivity index (χ3v) is 5.03. The average Bonchev–Trinajstić information content (AvgIpc) is 2.80. The molecule has 2 unspecified atom stereocenters. The topological polar surface area (TPSA) is 12.5 Å². The fraction of sp³-hybridized carbons (Fsp3) is 0.846. The van der Waals surface area contributed by atoms with E-state index in [1.165, 1.54) is 0 Å². The molecule has 0 saturated carbocycles. The van der Waals surface area contributed by atoms with Crippen molar-refractivity contribution in [3.05, 3.63) is 12.7 Å². The summed E-state index contributed by atoms with van der Waals surface area (Å²) in [5, 5.41) is 0. The predicted octanol–water partition coefficient (Wildman–Crippen LogP) is 3.15. The van der Waals surface area contributed by atoms with E-state index in [1.54, 1.807) is 11.0 Å². The molecule has 0 aromatic heterocycles. The predicted molar refractivity (Wildman–Crippen MR) is 61.5 cm³/mol. The second-order valence-electron chi connectivity index (χ2n) is 6.19. The van der Waals surface area contributed by atoms with E-state index in [0.717, 1.165) is 0 Å². The summed E-state index contributed by atoms with van der Waals surface area (Å²) in [5.74, 6) is -2.35. The third-order valence-electron chi connectivity index (χ3n) is 5.03. The minimum absolute atomic E-state index is 0.0418. The summed E-state index contributed by atoms with van der Waals surface area (Å²) in [6.07, 6.45) is -9.23. The molecule has 3 saturated heterocycles. The highest BCUT2D eigenvalue weighted by Gasteiger charge is 2.83. The van der Waals surface area contributed by atoms with E-state index in [2.05, 4.69) is 6.58 Å². The van der Waals surface area contributed by atoms with Crippen LogP contribution >= 0.6 is 0 Å². The van der Waals surface area contributed by atoms with Crippen LogP contribution in [0.3, 0.4) is 0 Å². The molecule has 0 spiro atoms. The van der Waals surface area contributed by atoms with Gasteiger partial charge in [-0.2, -0.15) is 26.3 Å². The van der Waals surface area contributed by atoms with Crippen LogP contribution in [0, 0.1) is 11.8 Å².